The SMILES string of the molecule is CCNC(=NCC(c1ccc(OC)cc1)N1CCCC1)NCCCOC(C)C. The average Bonchev–Trinajstić information content (AvgIpc) is 3.22. The van der Waals surface area contributed by atoms with E-state index in [0.717, 1.165) is 57.5 Å². The lowest BCUT2D eigenvalue weighted by Crippen LogP contribution is -2.39. The lowest BCUT2D eigenvalue weighted by molar-refractivity contribution is 0.0776. The lowest BCUT2D eigenvalue weighted by atomic mass is 10.1. The van der Waals surface area contributed by atoms with E-state index in [1.54, 1.807) is 7.11 Å². The Morgan fingerprint density at radius 3 is 2.46 bits per heavy atom. The lowest BCUT2D eigenvalue weighted by Gasteiger charge is -2.27. The molecule has 2 N–H and O–H groups in total. The molecule has 158 valence electrons. The fraction of sp³-hybridized carbons (Fsp3) is 0.682. The van der Waals surface area contributed by atoms with Crippen molar-refractivity contribution in [2.45, 2.75) is 52.2 Å². The number of hydrogen-bond acceptors (Lipinski definition) is 4. The Bertz CT molecular complexity index is 568. The molecule has 0 aliphatic carbocycles. The van der Waals surface area contributed by atoms with Crippen LogP contribution in [0.25, 0.3) is 0 Å². The highest BCUT2D eigenvalue weighted by Gasteiger charge is 2.23. The third-order valence-corrected chi connectivity index (χ3v) is 4.91. The van der Waals surface area contributed by atoms with Gasteiger partial charge in [0.05, 0.1) is 25.8 Å². The van der Waals surface area contributed by atoms with Crippen molar-refractivity contribution in [1.29, 1.82) is 0 Å². The first-order valence-corrected chi connectivity index (χ1v) is 10.7. The highest BCUT2D eigenvalue weighted by atomic mass is 16.5. The number of benzene rings is 1. The molecule has 0 saturated carbocycles. The van der Waals surface area contributed by atoms with E-state index < -0.39 is 0 Å². The van der Waals surface area contributed by atoms with Crippen LogP contribution in [0.5, 0.6) is 5.75 Å². The molecule has 1 fully saturated rings. The molecule has 2 rings (SSSR count). The summed E-state index contributed by atoms with van der Waals surface area (Å²) in [6, 6.07) is 8.72. The van der Waals surface area contributed by atoms with Crippen molar-refractivity contribution in [2.75, 3.05) is 46.4 Å². The molecule has 6 heteroatoms. The van der Waals surface area contributed by atoms with Gasteiger partial charge in [-0.2, -0.15) is 0 Å². The molecule has 1 heterocycles. The van der Waals surface area contributed by atoms with Gasteiger partial charge >= 0.3 is 0 Å². The molecular formula is C22H38N4O2. The standard InChI is InChI=1S/C22H38N4O2/c1-5-23-22(24-13-8-16-28-18(2)3)25-17-21(26-14-6-7-15-26)19-9-11-20(27-4)12-10-19/h9-12,18,21H,5-8,13-17H2,1-4H3,(H2,23,24,25). The third-order valence-electron chi connectivity index (χ3n) is 4.91. The van der Waals surface area contributed by atoms with Crippen LogP contribution in [-0.2, 0) is 4.74 Å². The number of nitrogens with one attached hydrogen (secondary N) is 2. The number of nitrogens with zero attached hydrogens (tertiary/aromatic N) is 2. The third kappa shape index (κ3) is 7.68. The summed E-state index contributed by atoms with van der Waals surface area (Å²) in [7, 11) is 1.71. The van der Waals surface area contributed by atoms with Crippen molar-refractivity contribution in [1.82, 2.24) is 15.5 Å². The van der Waals surface area contributed by atoms with Crippen LogP contribution in [0.3, 0.4) is 0 Å². The van der Waals surface area contributed by atoms with Gasteiger partial charge in [-0.3, -0.25) is 9.89 Å². The van der Waals surface area contributed by atoms with Gasteiger partial charge in [-0.1, -0.05) is 12.1 Å². The van der Waals surface area contributed by atoms with Gasteiger partial charge in [-0.05, 0) is 70.8 Å². The second-order valence-electron chi connectivity index (χ2n) is 7.45. The maximum Gasteiger partial charge on any atom is 0.191 e. The minimum absolute atomic E-state index is 0.285. The predicted octanol–water partition coefficient (Wildman–Crippen LogP) is 3.20. The molecule has 1 aromatic carbocycles. The van der Waals surface area contributed by atoms with Crippen LogP contribution in [0.2, 0.25) is 0 Å². The number of methoxy groups -OCH3 is 1. The average molecular weight is 391 g/mol. The molecular weight excluding hydrogens is 352 g/mol. The van der Waals surface area contributed by atoms with Crippen molar-refractivity contribution >= 4 is 5.96 Å². The van der Waals surface area contributed by atoms with Crippen LogP contribution in [0.15, 0.2) is 29.3 Å². The number of hydrogen-bond donors (Lipinski definition) is 2. The van der Waals surface area contributed by atoms with E-state index in [0.29, 0.717) is 6.04 Å². The molecule has 0 spiro atoms. The first-order valence-electron chi connectivity index (χ1n) is 10.7. The zero-order valence-electron chi connectivity index (χ0n) is 18.0. The summed E-state index contributed by atoms with van der Waals surface area (Å²) in [4.78, 5) is 7.44. The molecule has 1 saturated heterocycles. The normalized spacial score (nSPS) is 16.4. The van der Waals surface area contributed by atoms with Gasteiger partial charge in [-0.25, -0.2) is 0 Å². The van der Waals surface area contributed by atoms with Crippen molar-refractivity contribution in [3.8, 4) is 5.75 Å². The Kier molecular flexibility index (Phi) is 10.1. The minimum atomic E-state index is 0.285. The number of ether oxygens (including phenoxy) is 2. The number of aliphatic imine (C=N–C) groups is 1. The van der Waals surface area contributed by atoms with Crippen LogP contribution in [0.4, 0.5) is 0 Å². The van der Waals surface area contributed by atoms with Crippen LogP contribution in [-0.4, -0.2) is 63.4 Å². The van der Waals surface area contributed by atoms with Crippen LogP contribution < -0.4 is 15.4 Å². The van der Waals surface area contributed by atoms with E-state index in [9.17, 15) is 0 Å². The van der Waals surface area contributed by atoms with Crippen molar-refractivity contribution in [3.05, 3.63) is 29.8 Å². The number of likely N-dealkylation sites (tertiary alicyclic amines) is 1. The number of guanidine groups is 1. The van der Waals surface area contributed by atoms with Crippen molar-refractivity contribution < 1.29 is 9.47 Å². The van der Waals surface area contributed by atoms with Gasteiger partial charge in [0.1, 0.15) is 5.75 Å². The fourth-order valence-corrected chi connectivity index (χ4v) is 3.43. The van der Waals surface area contributed by atoms with E-state index in [1.165, 1.54) is 18.4 Å². The Morgan fingerprint density at radius 1 is 1.14 bits per heavy atom. The zero-order chi connectivity index (χ0) is 20.2. The molecule has 1 aliphatic heterocycles. The Labute approximate surface area is 170 Å². The summed E-state index contributed by atoms with van der Waals surface area (Å²) in [5, 5.41) is 6.79. The maximum atomic E-state index is 5.61. The zero-order valence-corrected chi connectivity index (χ0v) is 18.0. The van der Waals surface area contributed by atoms with Gasteiger partial charge < -0.3 is 20.1 Å². The summed E-state index contributed by atoms with van der Waals surface area (Å²) in [6.07, 6.45) is 3.79. The van der Waals surface area contributed by atoms with Gasteiger partial charge in [0.25, 0.3) is 0 Å². The van der Waals surface area contributed by atoms with Crippen molar-refractivity contribution in [3.63, 3.8) is 0 Å². The summed E-state index contributed by atoms with van der Waals surface area (Å²) in [5.41, 5.74) is 1.30. The summed E-state index contributed by atoms with van der Waals surface area (Å²) < 4.78 is 10.9. The molecule has 1 atom stereocenters. The monoisotopic (exact) mass is 390 g/mol. The highest BCUT2D eigenvalue weighted by Crippen LogP contribution is 2.27. The van der Waals surface area contributed by atoms with Crippen LogP contribution >= 0.6 is 0 Å². The van der Waals surface area contributed by atoms with Crippen LogP contribution in [0, 0.1) is 0 Å². The van der Waals surface area contributed by atoms with E-state index in [2.05, 4.69) is 48.4 Å². The topological polar surface area (TPSA) is 58.1 Å². The molecule has 0 bridgehead atoms. The van der Waals surface area contributed by atoms with E-state index in [1.807, 2.05) is 12.1 Å². The minimum Gasteiger partial charge on any atom is -0.497 e. The Hall–Kier alpha value is -1.79. The second-order valence-corrected chi connectivity index (χ2v) is 7.45. The predicted molar refractivity (Wildman–Crippen MR) is 116 cm³/mol. The van der Waals surface area contributed by atoms with E-state index >= 15 is 0 Å². The van der Waals surface area contributed by atoms with Crippen molar-refractivity contribution in [2.24, 2.45) is 4.99 Å². The van der Waals surface area contributed by atoms with Gasteiger partial charge in [0.15, 0.2) is 5.96 Å². The molecule has 0 amide bonds. The summed E-state index contributed by atoms with van der Waals surface area (Å²) in [5.74, 6) is 1.77. The Morgan fingerprint density at radius 2 is 1.86 bits per heavy atom. The molecule has 0 radical (unpaired) electrons. The fourth-order valence-electron chi connectivity index (χ4n) is 3.43. The van der Waals surface area contributed by atoms with Gasteiger partial charge in [0.2, 0.25) is 0 Å². The quantitative estimate of drug-likeness (QED) is 0.345. The first kappa shape index (κ1) is 22.5. The highest BCUT2D eigenvalue weighted by molar-refractivity contribution is 5.79. The molecule has 28 heavy (non-hydrogen) atoms. The first-order chi connectivity index (χ1) is 13.6. The smallest absolute Gasteiger partial charge is 0.191 e. The second kappa shape index (κ2) is 12.6. The van der Waals surface area contributed by atoms with Gasteiger partial charge in [0, 0.05) is 19.7 Å². The summed E-state index contributed by atoms with van der Waals surface area (Å²) >= 11 is 0. The molecule has 1 aromatic rings. The Balaban J connectivity index is 1.98. The maximum absolute atomic E-state index is 5.61. The summed E-state index contributed by atoms with van der Waals surface area (Å²) in [6.45, 7) is 11.7. The molecule has 1 aliphatic rings. The van der Waals surface area contributed by atoms with Crippen LogP contribution in [0.1, 0.15) is 51.6 Å². The number of rotatable bonds is 11. The van der Waals surface area contributed by atoms with E-state index in [4.69, 9.17) is 14.5 Å². The molecule has 1 unspecified atom stereocenters. The van der Waals surface area contributed by atoms with E-state index in [-0.39, 0.29) is 6.10 Å². The largest absolute Gasteiger partial charge is 0.497 e. The molecule has 0 aromatic heterocycles. The molecule has 6 nitrogen and oxygen atoms in total. The van der Waals surface area contributed by atoms with Gasteiger partial charge in [-0.15, -0.1) is 0 Å².